The van der Waals surface area contributed by atoms with Gasteiger partial charge in [0.15, 0.2) is 0 Å². The number of rotatable bonds is 4. The molecule has 1 atom stereocenters. The van der Waals surface area contributed by atoms with Crippen molar-refractivity contribution in [3.8, 4) is 0 Å². The highest BCUT2D eigenvalue weighted by molar-refractivity contribution is 6.29. The zero-order valence-corrected chi connectivity index (χ0v) is 10.1. The topological polar surface area (TPSA) is 64.1 Å². The molecule has 0 aliphatic carbocycles. The number of hydrogen-bond acceptors (Lipinski definition) is 4. The average Bonchev–Trinajstić information content (AvgIpc) is 2.83. The third-order valence-corrected chi connectivity index (χ3v) is 2.91. The quantitative estimate of drug-likeness (QED) is 0.881. The Morgan fingerprint density at radius 3 is 3.06 bits per heavy atom. The van der Waals surface area contributed by atoms with E-state index < -0.39 is 0 Å². The number of ether oxygens (including phenoxy) is 1. The second-order valence-electron chi connectivity index (χ2n) is 4.00. The minimum absolute atomic E-state index is 0.215. The predicted octanol–water partition coefficient (Wildman–Crippen LogP) is 1.29. The van der Waals surface area contributed by atoms with Crippen molar-refractivity contribution in [2.75, 3.05) is 19.8 Å². The molecule has 0 spiro atoms. The van der Waals surface area contributed by atoms with Crippen LogP contribution in [-0.2, 0) is 4.74 Å². The zero-order chi connectivity index (χ0) is 12.1. The molecule has 1 N–H and O–H groups in total. The van der Waals surface area contributed by atoms with E-state index in [4.69, 9.17) is 16.3 Å². The van der Waals surface area contributed by atoms with Gasteiger partial charge in [-0.25, -0.2) is 9.97 Å². The second-order valence-corrected chi connectivity index (χ2v) is 4.39. The van der Waals surface area contributed by atoms with Crippen LogP contribution < -0.4 is 5.32 Å². The number of hydrogen-bond donors (Lipinski definition) is 1. The summed E-state index contributed by atoms with van der Waals surface area (Å²) in [4.78, 5) is 19.3. The maximum atomic E-state index is 11.6. The van der Waals surface area contributed by atoms with Crippen LogP contribution in [0.5, 0.6) is 0 Å². The Morgan fingerprint density at radius 2 is 2.41 bits per heavy atom. The van der Waals surface area contributed by atoms with Gasteiger partial charge < -0.3 is 10.1 Å². The van der Waals surface area contributed by atoms with Crippen molar-refractivity contribution in [1.29, 1.82) is 0 Å². The van der Waals surface area contributed by atoms with Crippen molar-refractivity contribution in [2.45, 2.75) is 12.8 Å². The molecule has 1 aromatic rings. The lowest BCUT2D eigenvalue weighted by atomic mass is 10.1. The zero-order valence-electron chi connectivity index (χ0n) is 9.36. The van der Waals surface area contributed by atoms with Crippen molar-refractivity contribution in [3.63, 3.8) is 0 Å². The Bertz CT molecular complexity index is 377. The highest BCUT2D eigenvalue weighted by Crippen LogP contribution is 2.15. The van der Waals surface area contributed by atoms with Gasteiger partial charge in [0.25, 0.3) is 5.91 Å². The van der Waals surface area contributed by atoms with E-state index >= 15 is 0 Å². The Hall–Kier alpha value is -1.20. The molecule has 0 aromatic carbocycles. The molecule has 1 fully saturated rings. The van der Waals surface area contributed by atoms with Gasteiger partial charge in [0.05, 0.1) is 12.4 Å². The molecule has 1 aliphatic rings. The van der Waals surface area contributed by atoms with Crippen LogP contribution in [0.1, 0.15) is 23.3 Å². The van der Waals surface area contributed by atoms with Gasteiger partial charge in [0.2, 0.25) is 0 Å². The average molecular weight is 256 g/mol. The molecule has 2 rings (SSSR count). The van der Waals surface area contributed by atoms with Crippen molar-refractivity contribution in [3.05, 3.63) is 23.2 Å². The lowest BCUT2D eigenvalue weighted by Gasteiger charge is -2.08. The monoisotopic (exact) mass is 255 g/mol. The van der Waals surface area contributed by atoms with E-state index in [0.717, 1.165) is 26.1 Å². The molecular formula is C11H14ClN3O2. The highest BCUT2D eigenvalue weighted by atomic mass is 35.5. The number of amides is 1. The molecule has 1 saturated heterocycles. The van der Waals surface area contributed by atoms with E-state index in [1.807, 2.05) is 0 Å². The predicted molar refractivity (Wildman–Crippen MR) is 62.9 cm³/mol. The van der Waals surface area contributed by atoms with Crippen LogP contribution in [0.3, 0.4) is 0 Å². The van der Waals surface area contributed by atoms with E-state index in [9.17, 15) is 4.79 Å². The van der Waals surface area contributed by atoms with E-state index in [2.05, 4.69) is 15.3 Å². The molecule has 0 bridgehead atoms. The summed E-state index contributed by atoms with van der Waals surface area (Å²) in [7, 11) is 0. The molecule has 1 amide bonds. The first-order valence-electron chi connectivity index (χ1n) is 5.59. The summed E-state index contributed by atoms with van der Waals surface area (Å²) < 4.78 is 5.26. The van der Waals surface area contributed by atoms with Crippen LogP contribution in [0, 0.1) is 5.92 Å². The van der Waals surface area contributed by atoms with Gasteiger partial charge in [0, 0.05) is 19.8 Å². The molecule has 1 aromatic heterocycles. The Kier molecular flexibility index (Phi) is 4.28. The first kappa shape index (κ1) is 12.3. The van der Waals surface area contributed by atoms with Gasteiger partial charge in [-0.05, 0) is 18.8 Å². The third-order valence-electron chi connectivity index (χ3n) is 2.72. The van der Waals surface area contributed by atoms with E-state index in [0.29, 0.717) is 12.5 Å². The maximum absolute atomic E-state index is 11.6. The van der Waals surface area contributed by atoms with Crippen LogP contribution in [0.25, 0.3) is 0 Å². The largest absolute Gasteiger partial charge is 0.381 e. The molecule has 1 aliphatic heterocycles. The number of nitrogens with zero attached hydrogens (tertiary/aromatic N) is 2. The van der Waals surface area contributed by atoms with Gasteiger partial charge >= 0.3 is 0 Å². The fourth-order valence-corrected chi connectivity index (χ4v) is 1.82. The Balaban J connectivity index is 1.75. The molecular weight excluding hydrogens is 242 g/mol. The van der Waals surface area contributed by atoms with Gasteiger partial charge in [0.1, 0.15) is 10.8 Å². The van der Waals surface area contributed by atoms with Gasteiger partial charge in [-0.3, -0.25) is 4.79 Å². The van der Waals surface area contributed by atoms with Crippen molar-refractivity contribution >= 4 is 17.5 Å². The lowest BCUT2D eigenvalue weighted by Crippen LogP contribution is -2.27. The number of nitrogens with one attached hydrogen (secondary N) is 1. The third kappa shape index (κ3) is 3.64. The lowest BCUT2D eigenvalue weighted by molar-refractivity contribution is 0.0945. The molecule has 0 radical (unpaired) electrons. The minimum atomic E-state index is -0.215. The summed E-state index contributed by atoms with van der Waals surface area (Å²) in [5.74, 6) is 0.347. The fraction of sp³-hybridized carbons (Fsp3) is 0.545. The summed E-state index contributed by atoms with van der Waals surface area (Å²) in [5, 5.41) is 3.09. The SMILES string of the molecule is O=C(NCCC1CCOC1)c1cnc(Cl)cn1. The fourth-order valence-electron chi connectivity index (χ4n) is 1.72. The Morgan fingerprint density at radius 1 is 1.53 bits per heavy atom. The molecule has 92 valence electrons. The highest BCUT2D eigenvalue weighted by Gasteiger charge is 2.15. The normalized spacial score (nSPS) is 19.2. The van der Waals surface area contributed by atoms with Gasteiger partial charge in [-0.1, -0.05) is 11.6 Å². The number of aromatic nitrogens is 2. The smallest absolute Gasteiger partial charge is 0.271 e. The van der Waals surface area contributed by atoms with Gasteiger partial charge in [-0.2, -0.15) is 0 Å². The van der Waals surface area contributed by atoms with Crippen LogP contribution in [-0.4, -0.2) is 35.6 Å². The molecule has 5 nitrogen and oxygen atoms in total. The van der Waals surface area contributed by atoms with Crippen LogP contribution in [0.4, 0.5) is 0 Å². The molecule has 6 heteroatoms. The van der Waals surface area contributed by atoms with Crippen molar-refractivity contribution < 1.29 is 9.53 Å². The molecule has 0 saturated carbocycles. The standard InChI is InChI=1S/C11H14ClN3O2/c12-10-6-14-9(5-15-10)11(16)13-3-1-8-2-4-17-7-8/h5-6,8H,1-4,7H2,(H,13,16). The molecule has 2 heterocycles. The molecule has 17 heavy (non-hydrogen) atoms. The van der Waals surface area contributed by atoms with Crippen LogP contribution in [0.2, 0.25) is 5.15 Å². The van der Waals surface area contributed by atoms with E-state index in [-0.39, 0.29) is 16.8 Å². The van der Waals surface area contributed by atoms with Crippen molar-refractivity contribution in [2.24, 2.45) is 5.92 Å². The summed E-state index contributed by atoms with van der Waals surface area (Å²) in [5.41, 5.74) is 0.289. The summed E-state index contributed by atoms with van der Waals surface area (Å²) in [6.07, 6.45) is 4.75. The first-order valence-corrected chi connectivity index (χ1v) is 5.97. The second kappa shape index (κ2) is 5.93. The minimum Gasteiger partial charge on any atom is -0.381 e. The first-order chi connectivity index (χ1) is 8.25. The van der Waals surface area contributed by atoms with Crippen LogP contribution in [0.15, 0.2) is 12.4 Å². The maximum Gasteiger partial charge on any atom is 0.271 e. The van der Waals surface area contributed by atoms with E-state index in [1.165, 1.54) is 12.4 Å². The number of carbonyl (C=O) groups is 1. The van der Waals surface area contributed by atoms with Gasteiger partial charge in [-0.15, -0.1) is 0 Å². The van der Waals surface area contributed by atoms with Crippen molar-refractivity contribution in [1.82, 2.24) is 15.3 Å². The number of halogens is 1. The summed E-state index contributed by atoms with van der Waals surface area (Å²) in [6, 6.07) is 0. The Labute approximate surface area is 105 Å². The van der Waals surface area contributed by atoms with Crippen LogP contribution >= 0.6 is 11.6 Å². The molecule has 1 unspecified atom stereocenters. The van der Waals surface area contributed by atoms with E-state index in [1.54, 1.807) is 0 Å². The summed E-state index contributed by atoms with van der Waals surface area (Å²) in [6.45, 7) is 2.27. The summed E-state index contributed by atoms with van der Waals surface area (Å²) >= 11 is 5.59. The number of carbonyl (C=O) groups excluding carboxylic acids is 1.